The Morgan fingerprint density at radius 1 is 1.09 bits per heavy atom. The molecule has 2 aromatic carbocycles. The van der Waals surface area contributed by atoms with Gasteiger partial charge in [0.15, 0.2) is 0 Å². The molecule has 0 fully saturated rings. The van der Waals surface area contributed by atoms with Crippen LogP contribution in [0.3, 0.4) is 0 Å². The Bertz CT molecular complexity index is 675. The number of benzene rings is 2. The minimum atomic E-state index is -1.15. The molecule has 0 aliphatic heterocycles. The Labute approximate surface area is 138 Å². The number of rotatable bonds is 6. The molecule has 2 N–H and O–H groups in total. The first-order chi connectivity index (χ1) is 11.1. The van der Waals surface area contributed by atoms with Gasteiger partial charge in [-0.05, 0) is 17.2 Å². The predicted octanol–water partition coefficient (Wildman–Crippen LogP) is 3.26. The summed E-state index contributed by atoms with van der Waals surface area (Å²) in [6.45, 7) is 0.0745. The lowest BCUT2D eigenvalue weighted by atomic mass is 10.1. The van der Waals surface area contributed by atoms with Crippen molar-refractivity contribution in [1.29, 1.82) is 0 Å². The van der Waals surface area contributed by atoms with E-state index in [0.29, 0.717) is 10.6 Å². The molecule has 2 aromatic rings. The van der Waals surface area contributed by atoms with Gasteiger partial charge in [0.1, 0.15) is 12.6 Å². The molecule has 120 valence electrons. The van der Waals surface area contributed by atoms with Gasteiger partial charge in [0.05, 0.1) is 0 Å². The van der Waals surface area contributed by atoms with Gasteiger partial charge in [-0.3, -0.25) is 0 Å². The van der Waals surface area contributed by atoms with E-state index in [4.69, 9.17) is 16.3 Å². The fraction of sp³-hybridized carbons (Fsp3) is 0.176. The molecule has 0 saturated heterocycles. The molecule has 1 atom stereocenters. The summed E-state index contributed by atoms with van der Waals surface area (Å²) in [5.41, 5.74) is 1.46. The Hall–Kier alpha value is -2.53. The number of amides is 1. The van der Waals surface area contributed by atoms with Gasteiger partial charge in [0, 0.05) is 11.4 Å². The van der Waals surface area contributed by atoms with Crippen LogP contribution in [0.15, 0.2) is 54.6 Å². The van der Waals surface area contributed by atoms with E-state index in [9.17, 15) is 14.7 Å². The molecule has 23 heavy (non-hydrogen) atoms. The van der Waals surface area contributed by atoms with Crippen LogP contribution in [0.25, 0.3) is 0 Å². The molecule has 2 rings (SSSR count). The molecule has 0 radical (unpaired) electrons. The first kappa shape index (κ1) is 16.8. The number of carboxylic acids is 1. The predicted molar refractivity (Wildman–Crippen MR) is 86.3 cm³/mol. The highest BCUT2D eigenvalue weighted by Gasteiger charge is 2.22. The molecule has 1 amide bonds. The van der Waals surface area contributed by atoms with Crippen molar-refractivity contribution in [3.05, 3.63) is 70.7 Å². The zero-order valence-corrected chi connectivity index (χ0v) is 13.0. The van der Waals surface area contributed by atoms with Gasteiger partial charge in [-0.2, -0.15) is 0 Å². The second kappa shape index (κ2) is 8.19. The smallest absolute Gasteiger partial charge is 0.408 e. The van der Waals surface area contributed by atoms with Gasteiger partial charge in [-0.1, -0.05) is 60.1 Å². The van der Waals surface area contributed by atoms with Crippen molar-refractivity contribution in [2.45, 2.75) is 19.1 Å². The monoisotopic (exact) mass is 333 g/mol. The lowest BCUT2D eigenvalue weighted by molar-refractivity contribution is -0.139. The topological polar surface area (TPSA) is 75.6 Å². The Morgan fingerprint density at radius 3 is 2.39 bits per heavy atom. The van der Waals surface area contributed by atoms with Crippen LogP contribution in [0, 0.1) is 0 Å². The normalized spacial score (nSPS) is 11.5. The molecule has 0 bridgehead atoms. The minimum Gasteiger partial charge on any atom is -0.480 e. The number of carboxylic acid groups (broad SMARTS) is 1. The maximum Gasteiger partial charge on any atom is 0.408 e. The van der Waals surface area contributed by atoms with Crippen LogP contribution in [0.5, 0.6) is 0 Å². The van der Waals surface area contributed by atoms with Crippen molar-refractivity contribution in [2.75, 3.05) is 0 Å². The van der Waals surface area contributed by atoms with Crippen molar-refractivity contribution in [2.24, 2.45) is 0 Å². The van der Waals surface area contributed by atoms with Crippen LogP contribution in [0.1, 0.15) is 11.1 Å². The van der Waals surface area contributed by atoms with E-state index >= 15 is 0 Å². The van der Waals surface area contributed by atoms with Gasteiger partial charge in [0.25, 0.3) is 0 Å². The maximum atomic E-state index is 11.8. The number of hydrogen-bond acceptors (Lipinski definition) is 3. The number of ether oxygens (including phenoxy) is 1. The van der Waals surface area contributed by atoms with Crippen LogP contribution >= 0.6 is 11.6 Å². The standard InChI is InChI=1S/C17H16ClNO4/c18-14-9-5-4-8-13(14)10-15(16(20)21)19-17(22)23-11-12-6-2-1-3-7-12/h1-9,15H,10-11H2,(H,19,22)(H,20,21)/t15-/m0/s1. The van der Waals surface area contributed by atoms with E-state index in [1.807, 2.05) is 30.3 Å². The summed E-state index contributed by atoms with van der Waals surface area (Å²) in [4.78, 5) is 23.1. The van der Waals surface area contributed by atoms with Crippen LogP contribution < -0.4 is 5.32 Å². The highest BCUT2D eigenvalue weighted by molar-refractivity contribution is 6.31. The van der Waals surface area contributed by atoms with E-state index in [0.717, 1.165) is 5.56 Å². The van der Waals surface area contributed by atoms with Gasteiger partial charge < -0.3 is 15.2 Å². The Morgan fingerprint density at radius 2 is 1.74 bits per heavy atom. The third-order valence-corrected chi connectivity index (χ3v) is 3.55. The highest BCUT2D eigenvalue weighted by Crippen LogP contribution is 2.16. The summed E-state index contributed by atoms with van der Waals surface area (Å²) in [7, 11) is 0. The first-order valence-corrected chi connectivity index (χ1v) is 7.37. The molecule has 0 unspecified atom stereocenters. The molecular formula is C17H16ClNO4. The molecule has 5 nitrogen and oxygen atoms in total. The Kier molecular flexibility index (Phi) is 6.00. The second-order valence-corrected chi connectivity index (χ2v) is 5.30. The van der Waals surface area contributed by atoms with Gasteiger partial charge in [-0.25, -0.2) is 9.59 Å². The van der Waals surface area contributed by atoms with Crippen molar-refractivity contribution in [3.63, 3.8) is 0 Å². The summed E-state index contributed by atoms with van der Waals surface area (Å²) in [6.07, 6.45) is -0.705. The average molecular weight is 334 g/mol. The molecule has 0 spiro atoms. The van der Waals surface area contributed by atoms with Crippen molar-refractivity contribution in [3.8, 4) is 0 Å². The number of aliphatic carboxylic acids is 1. The fourth-order valence-corrected chi connectivity index (χ4v) is 2.20. The molecule has 0 saturated carbocycles. The third-order valence-electron chi connectivity index (χ3n) is 3.18. The Balaban J connectivity index is 1.92. The summed E-state index contributed by atoms with van der Waals surface area (Å²) in [6, 6.07) is 14.9. The molecule has 0 aromatic heterocycles. The largest absolute Gasteiger partial charge is 0.480 e. The van der Waals surface area contributed by atoms with E-state index in [-0.39, 0.29) is 13.0 Å². The zero-order chi connectivity index (χ0) is 16.7. The van der Waals surface area contributed by atoms with Crippen LogP contribution in [-0.4, -0.2) is 23.2 Å². The summed E-state index contributed by atoms with van der Waals surface area (Å²) in [5, 5.41) is 12.0. The zero-order valence-electron chi connectivity index (χ0n) is 12.2. The number of carbonyl (C=O) groups excluding carboxylic acids is 1. The molecule has 0 aliphatic rings. The van der Waals surface area contributed by atoms with Gasteiger partial charge in [0.2, 0.25) is 0 Å². The fourth-order valence-electron chi connectivity index (χ4n) is 1.99. The van der Waals surface area contributed by atoms with Crippen molar-refractivity contribution in [1.82, 2.24) is 5.32 Å². The van der Waals surface area contributed by atoms with Crippen LogP contribution in [0.4, 0.5) is 4.79 Å². The van der Waals surface area contributed by atoms with Gasteiger partial charge in [-0.15, -0.1) is 0 Å². The SMILES string of the molecule is O=C(N[C@@H](Cc1ccccc1Cl)C(=O)O)OCc1ccccc1. The van der Waals surface area contributed by atoms with E-state index < -0.39 is 18.1 Å². The first-order valence-electron chi connectivity index (χ1n) is 6.99. The lowest BCUT2D eigenvalue weighted by Crippen LogP contribution is -2.42. The van der Waals surface area contributed by atoms with E-state index in [2.05, 4.69) is 5.32 Å². The third kappa shape index (κ3) is 5.30. The number of hydrogen-bond donors (Lipinski definition) is 2. The number of alkyl carbamates (subject to hydrolysis) is 1. The molecular weight excluding hydrogens is 318 g/mol. The quantitative estimate of drug-likeness (QED) is 0.850. The van der Waals surface area contributed by atoms with Crippen molar-refractivity contribution >= 4 is 23.7 Å². The second-order valence-electron chi connectivity index (χ2n) is 4.89. The molecule has 0 aliphatic carbocycles. The molecule has 6 heteroatoms. The number of nitrogens with one attached hydrogen (secondary N) is 1. The maximum absolute atomic E-state index is 11.8. The lowest BCUT2D eigenvalue weighted by Gasteiger charge is -2.15. The van der Waals surface area contributed by atoms with Gasteiger partial charge >= 0.3 is 12.1 Å². The van der Waals surface area contributed by atoms with Crippen LogP contribution in [0.2, 0.25) is 5.02 Å². The van der Waals surface area contributed by atoms with E-state index in [1.54, 1.807) is 24.3 Å². The van der Waals surface area contributed by atoms with E-state index in [1.165, 1.54) is 0 Å². The van der Waals surface area contributed by atoms with Crippen LogP contribution in [-0.2, 0) is 22.6 Å². The summed E-state index contributed by atoms with van der Waals surface area (Å²) in [5.74, 6) is -1.15. The number of carbonyl (C=O) groups is 2. The molecule has 0 heterocycles. The summed E-state index contributed by atoms with van der Waals surface area (Å²) < 4.78 is 5.03. The summed E-state index contributed by atoms with van der Waals surface area (Å²) >= 11 is 6.01. The minimum absolute atomic E-state index is 0.0745. The highest BCUT2D eigenvalue weighted by atomic mass is 35.5. The van der Waals surface area contributed by atoms with Crippen molar-refractivity contribution < 1.29 is 19.4 Å². The number of halogens is 1. The average Bonchev–Trinajstić information content (AvgIpc) is 2.55.